The van der Waals surface area contributed by atoms with Crippen molar-refractivity contribution in [1.29, 1.82) is 0 Å². The number of amides is 1. The van der Waals surface area contributed by atoms with Gasteiger partial charge in [0, 0.05) is 12.6 Å². The molecule has 2 N–H and O–H groups in total. The molecule has 0 aliphatic heterocycles. The molecule has 21 heavy (non-hydrogen) atoms. The molecular formula is C15H18ClFN2O2. The fourth-order valence-electron chi connectivity index (χ4n) is 2.00. The van der Waals surface area contributed by atoms with Crippen molar-refractivity contribution in [3.05, 3.63) is 59.3 Å². The number of carbonyl (C=O) groups excluding carboxylic acids is 1. The topological polar surface area (TPSA) is 59.5 Å². The van der Waals surface area contributed by atoms with Gasteiger partial charge in [-0.2, -0.15) is 0 Å². The smallest absolute Gasteiger partial charge is 0.257 e. The van der Waals surface area contributed by atoms with Crippen LogP contribution in [-0.2, 0) is 6.54 Å². The van der Waals surface area contributed by atoms with E-state index in [1.54, 1.807) is 38.2 Å². The maximum absolute atomic E-state index is 13.8. The van der Waals surface area contributed by atoms with E-state index >= 15 is 0 Å². The SMILES string of the molecule is CC(c1ccccc1F)N(C)C(=O)c1coc(CN)c1.Cl. The molecule has 0 saturated carbocycles. The van der Waals surface area contributed by atoms with Crippen LogP contribution in [0.5, 0.6) is 0 Å². The monoisotopic (exact) mass is 312 g/mol. The fraction of sp³-hybridized carbons (Fsp3) is 0.267. The lowest BCUT2D eigenvalue weighted by molar-refractivity contribution is 0.0739. The van der Waals surface area contributed by atoms with Gasteiger partial charge in [0.05, 0.1) is 18.2 Å². The van der Waals surface area contributed by atoms with E-state index in [1.165, 1.54) is 17.2 Å². The van der Waals surface area contributed by atoms with Crippen molar-refractivity contribution in [1.82, 2.24) is 4.90 Å². The van der Waals surface area contributed by atoms with Crippen molar-refractivity contribution >= 4 is 18.3 Å². The van der Waals surface area contributed by atoms with Crippen LogP contribution in [0.1, 0.15) is 34.6 Å². The zero-order chi connectivity index (χ0) is 14.7. The van der Waals surface area contributed by atoms with Gasteiger partial charge in [-0.3, -0.25) is 4.79 Å². The zero-order valence-electron chi connectivity index (χ0n) is 11.9. The quantitative estimate of drug-likeness (QED) is 0.943. The van der Waals surface area contributed by atoms with E-state index in [0.717, 1.165) is 0 Å². The normalized spacial score (nSPS) is 11.6. The molecule has 4 nitrogen and oxygen atoms in total. The number of nitrogens with zero attached hydrogens (tertiary/aromatic N) is 1. The van der Waals surface area contributed by atoms with Gasteiger partial charge in [-0.05, 0) is 19.1 Å². The summed E-state index contributed by atoms with van der Waals surface area (Å²) in [6, 6.07) is 7.65. The standard InChI is InChI=1S/C15H17FN2O2.ClH/c1-10(13-5-3-4-6-14(13)16)18(2)15(19)11-7-12(8-17)20-9-11;/h3-7,9-10H,8,17H2,1-2H3;1H. The highest BCUT2D eigenvalue weighted by atomic mass is 35.5. The van der Waals surface area contributed by atoms with E-state index in [9.17, 15) is 9.18 Å². The summed E-state index contributed by atoms with van der Waals surface area (Å²) >= 11 is 0. The first kappa shape index (κ1) is 17.2. The number of benzene rings is 1. The Hall–Kier alpha value is -1.85. The molecule has 0 spiro atoms. The first-order chi connectivity index (χ1) is 9.54. The molecule has 1 aromatic carbocycles. The van der Waals surface area contributed by atoms with Crippen LogP contribution in [0.4, 0.5) is 4.39 Å². The summed E-state index contributed by atoms with van der Waals surface area (Å²) < 4.78 is 18.9. The van der Waals surface area contributed by atoms with Crippen molar-refractivity contribution in [2.24, 2.45) is 5.73 Å². The Morgan fingerprint density at radius 2 is 2.10 bits per heavy atom. The van der Waals surface area contributed by atoms with E-state index in [1.807, 2.05) is 0 Å². The van der Waals surface area contributed by atoms with E-state index < -0.39 is 0 Å². The maximum atomic E-state index is 13.8. The minimum absolute atomic E-state index is 0. The van der Waals surface area contributed by atoms with Crippen molar-refractivity contribution in [2.75, 3.05) is 7.05 Å². The largest absolute Gasteiger partial charge is 0.467 e. The van der Waals surface area contributed by atoms with Crippen molar-refractivity contribution in [2.45, 2.75) is 19.5 Å². The molecule has 1 aromatic heterocycles. The van der Waals surface area contributed by atoms with Crippen LogP contribution >= 0.6 is 12.4 Å². The highest BCUT2D eigenvalue weighted by molar-refractivity contribution is 5.94. The highest BCUT2D eigenvalue weighted by Crippen LogP contribution is 2.23. The molecule has 114 valence electrons. The number of halogens is 2. The summed E-state index contributed by atoms with van der Waals surface area (Å²) in [5.41, 5.74) is 6.33. The van der Waals surface area contributed by atoms with Crippen LogP contribution in [0.15, 0.2) is 41.0 Å². The zero-order valence-corrected chi connectivity index (χ0v) is 12.7. The molecule has 0 fully saturated rings. The second-order valence-corrected chi connectivity index (χ2v) is 4.62. The lowest BCUT2D eigenvalue weighted by atomic mass is 10.1. The van der Waals surface area contributed by atoms with Gasteiger partial charge in [0.25, 0.3) is 5.91 Å². The van der Waals surface area contributed by atoms with Gasteiger partial charge >= 0.3 is 0 Å². The summed E-state index contributed by atoms with van der Waals surface area (Å²) in [6.07, 6.45) is 1.37. The summed E-state index contributed by atoms with van der Waals surface area (Å²) in [4.78, 5) is 13.8. The van der Waals surface area contributed by atoms with E-state index in [4.69, 9.17) is 10.2 Å². The van der Waals surface area contributed by atoms with Crippen LogP contribution in [0, 0.1) is 5.82 Å². The Labute approximate surface area is 129 Å². The number of furan rings is 1. The third-order valence-corrected chi connectivity index (χ3v) is 3.36. The van der Waals surface area contributed by atoms with Crippen LogP contribution < -0.4 is 5.73 Å². The number of rotatable bonds is 4. The Morgan fingerprint density at radius 1 is 1.43 bits per heavy atom. The van der Waals surface area contributed by atoms with E-state index in [0.29, 0.717) is 16.9 Å². The van der Waals surface area contributed by atoms with Gasteiger partial charge in [-0.15, -0.1) is 12.4 Å². The van der Waals surface area contributed by atoms with Gasteiger partial charge in [-0.1, -0.05) is 18.2 Å². The first-order valence-electron chi connectivity index (χ1n) is 6.33. The van der Waals surface area contributed by atoms with Gasteiger partial charge in [-0.25, -0.2) is 4.39 Å². The first-order valence-corrected chi connectivity index (χ1v) is 6.33. The van der Waals surface area contributed by atoms with Crippen molar-refractivity contribution in [3.8, 4) is 0 Å². The molecule has 1 heterocycles. The van der Waals surface area contributed by atoms with Crippen LogP contribution in [-0.4, -0.2) is 17.9 Å². The molecule has 2 aromatic rings. The lowest BCUT2D eigenvalue weighted by Gasteiger charge is -2.25. The molecule has 0 radical (unpaired) electrons. The molecule has 1 amide bonds. The second-order valence-electron chi connectivity index (χ2n) is 4.62. The maximum Gasteiger partial charge on any atom is 0.257 e. The summed E-state index contributed by atoms with van der Waals surface area (Å²) in [5.74, 6) is -0.0148. The minimum Gasteiger partial charge on any atom is -0.467 e. The average molecular weight is 313 g/mol. The second kappa shape index (κ2) is 7.24. The Balaban J connectivity index is 0.00000220. The van der Waals surface area contributed by atoms with Crippen LogP contribution in [0.2, 0.25) is 0 Å². The fourth-order valence-corrected chi connectivity index (χ4v) is 2.00. The molecular weight excluding hydrogens is 295 g/mol. The highest BCUT2D eigenvalue weighted by Gasteiger charge is 2.22. The molecule has 6 heteroatoms. The third kappa shape index (κ3) is 3.62. The molecule has 0 aliphatic carbocycles. The van der Waals surface area contributed by atoms with E-state index in [2.05, 4.69) is 0 Å². The number of carbonyl (C=O) groups is 1. The van der Waals surface area contributed by atoms with Gasteiger partial charge < -0.3 is 15.1 Å². The minimum atomic E-state index is -0.375. The lowest BCUT2D eigenvalue weighted by Crippen LogP contribution is -2.29. The summed E-state index contributed by atoms with van der Waals surface area (Å²) in [6.45, 7) is 2.01. The van der Waals surface area contributed by atoms with Gasteiger partial charge in [0.1, 0.15) is 17.8 Å². The molecule has 2 rings (SSSR count). The molecule has 1 unspecified atom stereocenters. The number of nitrogens with two attached hydrogens (primary N) is 1. The number of hydrogen-bond donors (Lipinski definition) is 1. The Bertz CT molecular complexity index is 615. The number of hydrogen-bond acceptors (Lipinski definition) is 3. The van der Waals surface area contributed by atoms with Gasteiger partial charge in [0.2, 0.25) is 0 Å². The van der Waals surface area contributed by atoms with E-state index in [-0.39, 0.29) is 36.7 Å². The molecule has 0 bridgehead atoms. The summed E-state index contributed by atoms with van der Waals surface area (Å²) in [5, 5.41) is 0. The predicted molar refractivity (Wildman–Crippen MR) is 80.8 cm³/mol. The Kier molecular flexibility index (Phi) is 5.93. The van der Waals surface area contributed by atoms with Gasteiger partial charge in [0.15, 0.2) is 0 Å². The van der Waals surface area contributed by atoms with Crippen molar-refractivity contribution in [3.63, 3.8) is 0 Å². The predicted octanol–water partition coefficient (Wildman–Crippen LogP) is 3.13. The average Bonchev–Trinajstić information content (AvgIpc) is 2.94. The molecule has 0 aliphatic rings. The van der Waals surface area contributed by atoms with Crippen LogP contribution in [0.3, 0.4) is 0 Å². The van der Waals surface area contributed by atoms with Crippen molar-refractivity contribution < 1.29 is 13.6 Å². The Morgan fingerprint density at radius 3 is 2.67 bits per heavy atom. The summed E-state index contributed by atoms with van der Waals surface area (Å²) in [7, 11) is 1.63. The molecule has 1 atom stereocenters. The van der Waals surface area contributed by atoms with Crippen LogP contribution in [0.25, 0.3) is 0 Å². The molecule has 0 saturated heterocycles. The third-order valence-electron chi connectivity index (χ3n) is 3.36.